The van der Waals surface area contributed by atoms with Crippen LogP contribution < -0.4 is 15.4 Å². The summed E-state index contributed by atoms with van der Waals surface area (Å²) in [6.45, 7) is 2.34. The van der Waals surface area contributed by atoms with E-state index >= 15 is 0 Å². The van der Waals surface area contributed by atoms with Crippen LogP contribution >= 0.6 is 24.0 Å². The molecule has 8 heteroatoms. The van der Waals surface area contributed by atoms with Gasteiger partial charge in [-0.15, -0.1) is 24.0 Å². The number of rotatable bonds is 9. The van der Waals surface area contributed by atoms with Crippen LogP contribution in [0.5, 0.6) is 5.75 Å². The van der Waals surface area contributed by atoms with Crippen molar-refractivity contribution in [3.8, 4) is 5.75 Å². The number of ether oxygens (including phenoxy) is 2. The number of methoxy groups -OCH3 is 1. The van der Waals surface area contributed by atoms with Crippen molar-refractivity contribution in [1.29, 1.82) is 0 Å². The van der Waals surface area contributed by atoms with Gasteiger partial charge in [-0.05, 0) is 12.1 Å². The Bertz CT molecular complexity index is 485. The Morgan fingerprint density at radius 2 is 1.92 bits per heavy atom. The second-order valence-corrected chi connectivity index (χ2v) is 4.83. The smallest absolute Gasteiger partial charge is 0.239 e. The molecule has 136 valence electrons. The third-order valence-electron chi connectivity index (χ3n) is 3.05. The molecule has 1 rings (SSSR count). The predicted octanol–water partition coefficient (Wildman–Crippen LogP) is 0.953. The molecule has 24 heavy (non-hydrogen) atoms. The number of nitrogens with one attached hydrogen (secondary N) is 2. The van der Waals surface area contributed by atoms with Gasteiger partial charge < -0.3 is 25.0 Å². The van der Waals surface area contributed by atoms with Crippen molar-refractivity contribution in [3.63, 3.8) is 0 Å². The number of guanidine groups is 1. The van der Waals surface area contributed by atoms with Crippen molar-refractivity contribution in [2.45, 2.75) is 0 Å². The second kappa shape index (κ2) is 13.8. The number of hydrogen-bond donors (Lipinski definition) is 2. The average Bonchev–Trinajstić information content (AvgIpc) is 2.56. The number of likely N-dealkylation sites (N-methyl/N-ethyl adjacent to an activating group) is 1. The van der Waals surface area contributed by atoms with Crippen LogP contribution in [0.15, 0.2) is 35.3 Å². The van der Waals surface area contributed by atoms with E-state index < -0.39 is 0 Å². The first-order valence-electron chi connectivity index (χ1n) is 7.52. The molecule has 0 unspecified atom stereocenters. The number of carbonyl (C=O) groups excluding carboxylic acids is 1. The Labute approximate surface area is 160 Å². The molecule has 0 atom stereocenters. The summed E-state index contributed by atoms with van der Waals surface area (Å²) in [5, 5.41) is 5.75. The molecule has 0 aromatic heterocycles. The van der Waals surface area contributed by atoms with Gasteiger partial charge in [-0.2, -0.15) is 0 Å². The summed E-state index contributed by atoms with van der Waals surface area (Å²) in [5.41, 5.74) is 0. The van der Waals surface area contributed by atoms with Gasteiger partial charge in [-0.25, -0.2) is 0 Å². The van der Waals surface area contributed by atoms with E-state index in [0.29, 0.717) is 32.3 Å². The zero-order valence-corrected chi connectivity index (χ0v) is 16.8. The van der Waals surface area contributed by atoms with E-state index in [1.165, 1.54) is 0 Å². The van der Waals surface area contributed by atoms with Gasteiger partial charge in [-0.3, -0.25) is 9.79 Å². The fraction of sp³-hybridized carbons (Fsp3) is 0.500. The normalized spacial score (nSPS) is 10.5. The highest BCUT2D eigenvalue weighted by atomic mass is 127. The molecule has 0 aliphatic rings. The van der Waals surface area contributed by atoms with Crippen LogP contribution in [-0.4, -0.2) is 70.8 Å². The maximum atomic E-state index is 11.6. The lowest BCUT2D eigenvalue weighted by atomic mass is 10.3. The van der Waals surface area contributed by atoms with Crippen molar-refractivity contribution in [2.24, 2.45) is 4.99 Å². The summed E-state index contributed by atoms with van der Waals surface area (Å²) < 4.78 is 10.5. The number of benzene rings is 1. The third kappa shape index (κ3) is 9.56. The van der Waals surface area contributed by atoms with E-state index in [9.17, 15) is 4.79 Å². The van der Waals surface area contributed by atoms with Gasteiger partial charge in [0.05, 0.1) is 19.7 Å². The number of amides is 1. The topological polar surface area (TPSA) is 75.2 Å². The van der Waals surface area contributed by atoms with Crippen LogP contribution in [0.25, 0.3) is 0 Å². The second-order valence-electron chi connectivity index (χ2n) is 4.83. The molecule has 7 nitrogen and oxygen atoms in total. The van der Waals surface area contributed by atoms with E-state index in [0.717, 1.165) is 5.75 Å². The van der Waals surface area contributed by atoms with Gasteiger partial charge in [0.1, 0.15) is 12.4 Å². The van der Waals surface area contributed by atoms with Gasteiger partial charge in [0.25, 0.3) is 0 Å². The zero-order chi connectivity index (χ0) is 16.9. The molecule has 0 saturated carbocycles. The lowest BCUT2D eigenvalue weighted by Crippen LogP contribution is -2.45. The first kappa shape index (κ1) is 22.4. The number of para-hydroxylation sites is 1. The molecule has 1 aromatic carbocycles. The minimum Gasteiger partial charge on any atom is -0.492 e. The maximum absolute atomic E-state index is 11.6. The highest BCUT2D eigenvalue weighted by molar-refractivity contribution is 14.0. The quantitative estimate of drug-likeness (QED) is 0.254. The molecule has 1 aromatic rings. The molecule has 0 fully saturated rings. The Kier molecular flexibility index (Phi) is 13.0. The summed E-state index contributed by atoms with van der Waals surface area (Å²) in [6.07, 6.45) is 0. The van der Waals surface area contributed by atoms with Crippen LogP contribution in [0.4, 0.5) is 0 Å². The number of aliphatic imine (C=N–C) groups is 1. The fourth-order valence-electron chi connectivity index (χ4n) is 1.82. The minimum atomic E-state index is -0.0999. The Morgan fingerprint density at radius 3 is 2.54 bits per heavy atom. The van der Waals surface area contributed by atoms with Crippen LogP contribution in [0.1, 0.15) is 0 Å². The van der Waals surface area contributed by atoms with Crippen molar-refractivity contribution in [2.75, 3.05) is 54.1 Å². The molecule has 0 heterocycles. The number of nitrogens with zero attached hydrogens (tertiary/aromatic N) is 2. The van der Waals surface area contributed by atoms with Crippen LogP contribution in [-0.2, 0) is 9.53 Å². The van der Waals surface area contributed by atoms with Gasteiger partial charge in [-0.1, -0.05) is 18.2 Å². The Morgan fingerprint density at radius 1 is 1.21 bits per heavy atom. The zero-order valence-electron chi connectivity index (χ0n) is 14.4. The number of hydrogen-bond acceptors (Lipinski definition) is 4. The summed E-state index contributed by atoms with van der Waals surface area (Å²) in [7, 11) is 5.17. The Hall–Kier alpha value is -1.55. The van der Waals surface area contributed by atoms with E-state index in [1.807, 2.05) is 42.3 Å². The molecule has 0 bridgehead atoms. The lowest BCUT2D eigenvalue weighted by Gasteiger charge is -2.22. The highest BCUT2D eigenvalue weighted by Gasteiger charge is 2.08. The molecule has 0 spiro atoms. The molecule has 0 saturated heterocycles. The minimum absolute atomic E-state index is 0. The van der Waals surface area contributed by atoms with Crippen LogP contribution in [0.2, 0.25) is 0 Å². The fourth-order valence-corrected chi connectivity index (χ4v) is 1.82. The molecule has 0 aliphatic heterocycles. The van der Waals surface area contributed by atoms with Crippen LogP contribution in [0, 0.1) is 0 Å². The summed E-state index contributed by atoms with van der Waals surface area (Å²) in [5.74, 6) is 1.38. The van der Waals surface area contributed by atoms with Crippen molar-refractivity contribution >= 4 is 35.8 Å². The maximum Gasteiger partial charge on any atom is 0.239 e. The number of carbonyl (C=O) groups is 1. The first-order chi connectivity index (χ1) is 11.2. The lowest BCUT2D eigenvalue weighted by molar-refractivity contribution is -0.120. The highest BCUT2D eigenvalue weighted by Crippen LogP contribution is 2.07. The summed E-state index contributed by atoms with van der Waals surface area (Å²) >= 11 is 0. The average molecular weight is 450 g/mol. The molecular weight excluding hydrogens is 423 g/mol. The Balaban J connectivity index is 0.00000529. The molecule has 0 radical (unpaired) electrons. The van der Waals surface area contributed by atoms with Crippen molar-refractivity contribution < 1.29 is 14.3 Å². The van der Waals surface area contributed by atoms with Gasteiger partial charge in [0.2, 0.25) is 5.91 Å². The van der Waals surface area contributed by atoms with Gasteiger partial charge >= 0.3 is 0 Å². The van der Waals surface area contributed by atoms with E-state index in [-0.39, 0.29) is 36.4 Å². The number of halogens is 1. The largest absolute Gasteiger partial charge is 0.492 e. The molecule has 2 N–H and O–H groups in total. The van der Waals surface area contributed by atoms with Crippen molar-refractivity contribution in [3.05, 3.63) is 30.3 Å². The SMILES string of the molecule is CN=C(NCC(=O)NCCOC)N(C)CCOc1ccccc1.I. The van der Waals surface area contributed by atoms with E-state index in [1.54, 1.807) is 14.2 Å². The molecule has 0 aliphatic carbocycles. The monoisotopic (exact) mass is 450 g/mol. The van der Waals surface area contributed by atoms with Crippen LogP contribution in [0.3, 0.4) is 0 Å². The molecular formula is C16H27IN4O3. The van der Waals surface area contributed by atoms with Crippen molar-refractivity contribution in [1.82, 2.24) is 15.5 Å². The molecule has 1 amide bonds. The van der Waals surface area contributed by atoms with Gasteiger partial charge in [0, 0.05) is 27.7 Å². The first-order valence-corrected chi connectivity index (χ1v) is 7.52. The summed E-state index contributed by atoms with van der Waals surface area (Å²) in [4.78, 5) is 17.7. The standard InChI is InChI=1S/C16H26N4O3.HI/c1-17-16(19-13-15(21)18-9-11-22-3)20(2)10-12-23-14-7-5-4-6-8-14;/h4-8H,9-13H2,1-3H3,(H,17,19)(H,18,21);1H. The van der Waals surface area contributed by atoms with E-state index in [2.05, 4.69) is 15.6 Å². The summed E-state index contributed by atoms with van der Waals surface area (Å²) in [6, 6.07) is 9.64. The predicted molar refractivity (Wildman–Crippen MR) is 106 cm³/mol. The van der Waals surface area contributed by atoms with E-state index in [4.69, 9.17) is 9.47 Å². The third-order valence-corrected chi connectivity index (χ3v) is 3.05. The van der Waals surface area contributed by atoms with Gasteiger partial charge in [0.15, 0.2) is 5.96 Å².